The van der Waals surface area contributed by atoms with Gasteiger partial charge in [0.05, 0.1) is 27.2 Å². The van der Waals surface area contributed by atoms with Crippen LogP contribution in [0.5, 0.6) is 11.8 Å². The molecule has 2 aromatic carbocycles. The van der Waals surface area contributed by atoms with Crippen LogP contribution in [0.25, 0.3) is 32.1 Å². The third kappa shape index (κ3) is 5.75. The van der Waals surface area contributed by atoms with Crippen molar-refractivity contribution in [2.45, 2.75) is 49.6 Å². The molecular formula is C35H30F6N8O2S. The van der Waals surface area contributed by atoms with Crippen molar-refractivity contribution in [2.24, 2.45) is 0 Å². The number of pyridine rings is 1. The Bertz CT molecular complexity index is 2290. The summed E-state index contributed by atoms with van der Waals surface area (Å²) in [6.07, 6.45) is -1.86. The highest BCUT2D eigenvalue weighted by atomic mass is 32.1. The fourth-order valence-corrected chi connectivity index (χ4v) is 8.42. The Morgan fingerprint density at radius 2 is 2.02 bits per heavy atom. The summed E-state index contributed by atoms with van der Waals surface area (Å²) in [7, 11) is 0. The maximum absolute atomic E-state index is 17.1. The first-order valence-electron chi connectivity index (χ1n) is 16.1. The fourth-order valence-electron chi connectivity index (χ4n) is 7.47. The first-order valence-corrected chi connectivity index (χ1v) is 16.9. The Balaban J connectivity index is 1.50. The smallest absolute Gasteiger partial charge is 0.420 e. The van der Waals surface area contributed by atoms with E-state index >= 15 is 17.6 Å². The average Bonchev–Trinajstić information content (AvgIpc) is 3.74. The van der Waals surface area contributed by atoms with E-state index in [-0.39, 0.29) is 52.5 Å². The van der Waals surface area contributed by atoms with E-state index in [1.165, 1.54) is 12.3 Å². The number of fused-ring (bicyclic) bond motifs is 3. The number of ether oxygens (including phenoxy) is 1. The molecule has 10 nitrogen and oxygen atoms in total. The van der Waals surface area contributed by atoms with Crippen LogP contribution < -0.4 is 21.5 Å². The number of thiophene rings is 1. The lowest BCUT2D eigenvalue weighted by atomic mass is 9.91. The number of hydrogen-bond acceptors (Lipinski definition) is 11. The first kappa shape index (κ1) is 35.1. The zero-order chi connectivity index (χ0) is 37.1. The van der Waals surface area contributed by atoms with Gasteiger partial charge in [0.1, 0.15) is 58.1 Å². The van der Waals surface area contributed by atoms with Crippen LogP contribution in [-0.4, -0.2) is 56.4 Å². The van der Waals surface area contributed by atoms with Gasteiger partial charge in [0.25, 0.3) is 0 Å². The van der Waals surface area contributed by atoms with E-state index in [1.807, 2.05) is 4.90 Å². The van der Waals surface area contributed by atoms with Gasteiger partial charge in [-0.25, -0.2) is 18.2 Å². The summed E-state index contributed by atoms with van der Waals surface area (Å²) in [6.45, 7) is 4.49. The van der Waals surface area contributed by atoms with Crippen molar-refractivity contribution in [2.75, 3.05) is 36.5 Å². The second-order valence-corrected chi connectivity index (χ2v) is 13.9. The number of nitrogen functional groups attached to an aromatic ring is 2. The van der Waals surface area contributed by atoms with Crippen molar-refractivity contribution < 1.29 is 36.2 Å². The Morgan fingerprint density at radius 3 is 2.73 bits per heavy atom. The van der Waals surface area contributed by atoms with E-state index in [2.05, 4.69) is 26.8 Å². The summed E-state index contributed by atoms with van der Waals surface area (Å²) in [5.41, 5.74) is 7.07. The maximum Gasteiger partial charge on any atom is 0.420 e. The minimum atomic E-state index is -5.40. The van der Waals surface area contributed by atoms with Crippen molar-refractivity contribution in [1.29, 1.82) is 5.26 Å². The average molecular weight is 741 g/mol. The van der Waals surface area contributed by atoms with Crippen molar-refractivity contribution >= 4 is 49.0 Å². The van der Waals surface area contributed by atoms with Crippen LogP contribution in [0.3, 0.4) is 0 Å². The van der Waals surface area contributed by atoms with Gasteiger partial charge in [-0.1, -0.05) is 18.2 Å². The van der Waals surface area contributed by atoms with E-state index < -0.39 is 80.7 Å². The SMILES string of the molecule is C=CC[C@@H](Nc1nc(OC[C@@]23CCCN2C[C@H](F)C3)nc2c(F)c(-c3ccc(F)c4sc(N)c(C#N)c34)c(C(F)(F)F)c(O)c12)c1cccnc1N. The normalized spacial score (nSPS) is 19.5. The number of rotatable bonds is 9. The second-order valence-electron chi connectivity index (χ2n) is 12.8. The number of nitrogens with zero attached hydrogens (tertiary/aromatic N) is 5. The molecule has 0 aliphatic carbocycles. The number of phenols is 1. The molecule has 270 valence electrons. The number of phenolic OH excluding ortho intramolecular Hbond substituents is 1. The zero-order valence-electron chi connectivity index (χ0n) is 27.2. The van der Waals surface area contributed by atoms with Gasteiger partial charge < -0.3 is 26.6 Å². The van der Waals surface area contributed by atoms with E-state index in [0.717, 1.165) is 18.6 Å². The van der Waals surface area contributed by atoms with Crippen LogP contribution in [0.15, 0.2) is 43.1 Å². The molecule has 0 spiro atoms. The number of aromatic nitrogens is 3. The highest BCUT2D eigenvalue weighted by Gasteiger charge is 2.49. The van der Waals surface area contributed by atoms with Gasteiger partial charge in [-0.05, 0) is 43.5 Å². The lowest BCUT2D eigenvalue weighted by Gasteiger charge is -2.31. The van der Waals surface area contributed by atoms with Crippen molar-refractivity contribution in [3.8, 4) is 29.0 Å². The molecule has 17 heteroatoms. The number of aromatic hydroxyl groups is 1. The lowest BCUT2D eigenvalue weighted by molar-refractivity contribution is -0.138. The van der Waals surface area contributed by atoms with Gasteiger partial charge in [-0.2, -0.15) is 28.4 Å². The molecule has 3 atom stereocenters. The lowest BCUT2D eigenvalue weighted by Crippen LogP contribution is -2.43. The molecule has 3 aromatic heterocycles. The molecular weight excluding hydrogens is 710 g/mol. The number of alkyl halides is 4. The first-order chi connectivity index (χ1) is 24.8. The fraction of sp³-hybridized carbons (Fsp3) is 0.314. The molecule has 5 aromatic rings. The minimum Gasteiger partial charge on any atom is -0.506 e. The Hall–Kier alpha value is -5.34. The number of anilines is 3. The third-order valence-corrected chi connectivity index (χ3v) is 10.7. The van der Waals surface area contributed by atoms with Crippen molar-refractivity contribution in [3.63, 3.8) is 0 Å². The molecule has 0 bridgehead atoms. The van der Waals surface area contributed by atoms with Crippen LogP contribution in [0.4, 0.5) is 43.0 Å². The minimum absolute atomic E-state index is 0.0800. The van der Waals surface area contributed by atoms with Crippen LogP contribution >= 0.6 is 11.3 Å². The number of hydrogen-bond donors (Lipinski definition) is 4. The molecule has 0 radical (unpaired) electrons. The van der Waals surface area contributed by atoms with E-state index in [4.69, 9.17) is 16.2 Å². The molecule has 2 fully saturated rings. The number of halogens is 6. The van der Waals surface area contributed by atoms with E-state index in [0.29, 0.717) is 29.9 Å². The highest BCUT2D eigenvalue weighted by Crippen LogP contribution is 2.52. The zero-order valence-corrected chi connectivity index (χ0v) is 28.0. The number of nitriles is 1. The van der Waals surface area contributed by atoms with Crippen molar-refractivity contribution in [3.05, 3.63) is 71.4 Å². The standard InChI is InChI=1S/C35H30F6N8O2S/c1-2-5-21(17-6-3-10-45-30(17)43)46-32-24-27(47-33(48-32)51-15-34-9-4-11-49(34)14-16(36)12-34)26(38)23(25(28(24)50)35(39,40)41)18-7-8-20(37)29-22(18)19(13-42)31(44)52-29/h2-3,6-8,10,16,21,50H,1,4-5,9,11-12,14-15,44H2,(H2,43,45)(H,46,47,48)/t16-,21-,34+/m1/s1. The van der Waals surface area contributed by atoms with Gasteiger partial charge in [0.15, 0.2) is 5.82 Å². The molecule has 5 heterocycles. The number of nitrogens with one attached hydrogen (secondary N) is 1. The van der Waals surface area contributed by atoms with E-state index in [1.54, 1.807) is 18.2 Å². The third-order valence-electron chi connectivity index (χ3n) is 9.71. The Labute approximate surface area is 296 Å². The predicted molar refractivity (Wildman–Crippen MR) is 184 cm³/mol. The van der Waals surface area contributed by atoms with Crippen LogP contribution in [0.2, 0.25) is 0 Å². The monoisotopic (exact) mass is 740 g/mol. The van der Waals surface area contributed by atoms with Crippen LogP contribution in [0, 0.1) is 23.0 Å². The summed E-state index contributed by atoms with van der Waals surface area (Å²) in [5, 5.41) is 23.1. The summed E-state index contributed by atoms with van der Waals surface area (Å²) >= 11 is 0.611. The van der Waals surface area contributed by atoms with Gasteiger partial charge >= 0.3 is 12.2 Å². The van der Waals surface area contributed by atoms with Gasteiger partial charge in [-0.15, -0.1) is 17.9 Å². The molecule has 2 aliphatic heterocycles. The summed E-state index contributed by atoms with van der Waals surface area (Å²) in [6, 6.07) is 5.36. The predicted octanol–water partition coefficient (Wildman–Crippen LogP) is 7.63. The molecule has 2 saturated heterocycles. The molecule has 2 aliphatic rings. The molecule has 0 amide bonds. The van der Waals surface area contributed by atoms with Gasteiger partial charge in [-0.3, -0.25) is 4.90 Å². The highest BCUT2D eigenvalue weighted by molar-refractivity contribution is 7.23. The quantitative estimate of drug-likeness (QED) is 0.0875. The van der Waals surface area contributed by atoms with E-state index in [9.17, 15) is 19.1 Å². The number of nitrogens with two attached hydrogens (primary N) is 2. The molecule has 0 unspecified atom stereocenters. The number of benzene rings is 2. The summed E-state index contributed by atoms with van der Waals surface area (Å²) in [5.74, 6) is -4.27. The summed E-state index contributed by atoms with van der Waals surface area (Å²) in [4.78, 5) is 14.6. The molecule has 7 rings (SSSR count). The molecule has 52 heavy (non-hydrogen) atoms. The van der Waals surface area contributed by atoms with Crippen LogP contribution in [0.1, 0.15) is 48.4 Å². The van der Waals surface area contributed by atoms with Crippen molar-refractivity contribution in [1.82, 2.24) is 19.9 Å². The second kappa shape index (κ2) is 13.0. The Kier molecular flexibility index (Phi) is 8.78. The maximum atomic E-state index is 17.1. The largest absolute Gasteiger partial charge is 0.506 e. The van der Waals surface area contributed by atoms with Gasteiger partial charge in [0.2, 0.25) is 0 Å². The summed E-state index contributed by atoms with van der Waals surface area (Å²) < 4.78 is 97.6. The van der Waals surface area contributed by atoms with Crippen LogP contribution in [-0.2, 0) is 6.18 Å². The molecule has 0 saturated carbocycles. The topological polar surface area (TPSA) is 159 Å². The Morgan fingerprint density at radius 1 is 1.23 bits per heavy atom. The van der Waals surface area contributed by atoms with Gasteiger partial charge in [0, 0.05) is 35.7 Å². The molecule has 6 N–H and O–H groups in total.